The van der Waals surface area contributed by atoms with Crippen LogP contribution in [-0.4, -0.2) is 78.0 Å². The fourth-order valence-corrected chi connectivity index (χ4v) is 5.68. The summed E-state index contributed by atoms with van der Waals surface area (Å²) in [5.41, 5.74) is 1.94. The molecule has 3 N–H and O–H groups in total. The van der Waals surface area contributed by atoms with Crippen molar-refractivity contribution in [2.24, 2.45) is 0 Å². The number of aromatic nitrogens is 2. The Hall–Kier alpha value is -2.89. The molecule has 2 saturated heterocycles. The van der Waals surface area contributed by atoms with Gasteiger partial charge in [-0.2, -0.15) is 4.98 Å². The van der Waals surface area contributed by atoms with Gasteiger partial charge in [-0.3, -0.25) is 9.69 Å². The molecule has 0 bridgehead atoms. The molecule has 2 aromatic carbocycles. The molecule has 218 valence electrons. The first kappa shape index (κ1) is 29.6. The Morgan fingerprint density at radius 3 is 2.27 bits per heavy atom. The van der Waals surface area contributed by atoms with Crippen LogP contribution in [0.3, 0.4) is 0 Å². The van der Waals surface area contributed by atoms with Crippen molar-refractivity contribution in [3.05, 3.63) is 57.4 Å². The summed E-state index contributed by atoms with van der Waals surface area (Å²) in [6, 6.07) is 8.69. The minimum atomic E-state index is -0.309. The maximum absolute atomic E-state index is 15.3. The van der Waals surface area contributed by atoms with E-state index in [1.807, 2.05) is 6.07 Å². The van der Waals surface area contributed by atoms with E-state index in [0.29, 0.717) is 28.8 Å². The predicted octanol–water partition coefficient (Wildman–Crippen LogP) is 6.24. The molecule has 0 unspecified atom stereocenters. The van der Waals surface area contributed by atoms with Gasteiger partial charge in [-0.05, 0) is 50.2 Å². The summed E-state index contributed by atoms with van der Waals surface area (Å²) in [5.74, 6) is -0.129. The quantitative estimate of drug-likeness (QED) is 0.286. The van der Waals surface area contributed by atoms with E-state index in [1.165, 1.54) is 25.3 Å². The van der Waals surface area contributed by atoms with Crippen LogP contribution in [0.2, 0.25) is 15.1 Å². The number of nitrogens with zero attached hydrogens (tertiary/aromatic N) is 5. The van der Waals surface area contributed by atoms with Gasteiger partial charge < -0.3 is 25.8 Å². The SMILES string of the molecule is CC(=O)Nc1cc(Cl)c(Cl)cc1Nc1nc(Nc2ccc(N3CCC(N4CCN(C)CC4)CC3)c(F)c2)ncc1Cl. The molecule has 1 aromatic heterocycles. The summed E-state index contributed by atoms with van der Waals surface area (Å²) < 4.78 is 15.3. The number of nitrogens with one attached hydrogen (secondary N) is 3. The molecule has 2 aliphatic heterocycles. The zero-order valence-corrected chi connectivity index (χ0v) is 25.1. The highest BCUT2D eigenvalue weighted by atomic mass is 35.5. The summed E-state index contributed by atoms with van der Waals surface area (Å²) in [6.45, 7) is 7.44. The molecule has 2 aliphatic rings. The number of carbonyl (C=O) groups is 1. The third-order valence-corrected chi connectivity index (χ3v) is 8.43. The van der Waals surface area contributed by atoms with Crippen LogP contribution < -0.4 is 20.9 Å². The van der Waals surface area contributed by atoms with Crippen LogP contribution >= 0.6 is 34.8 Å². The number of carbonyl (C=O) groups excluding carboxylic acids is 1. The molecule has 13 heteroatoms. The molecule has 1 amide bonds. The summed E-state index contributed by atoms with van der Waals surface area (Å²) in [5, 5.41) is 9.60. The zero-order chi connectivity index (χ0) is 29.1. The van der Waals surface area contributed by atoms with E-state index in [1.54, 1.807) is 12.1 Å². The second-order valence-corrected chi connectivity index (χ2v) is 11.6. The van der Waals surface area contributed by atoms with Crippen LogP contribution in [0.5, 0.6) is 0 Å². The van der Waals surface area contributed by atoms with Crippen LogP contribution in [-0.2, 0) is 4.79 Å². The van der Waals surface area contributed by atoms with E-state index in [4.69, 9.17) is 34.8 Å². The number of hydrogen-bond donors (Lipinski definition) is 3. The minimum Gasteiger partial charge on any atom is -0.369 e. The van der Waals surface area contributed by atoms with Gasteiger partial charge in [0.1, 0.15) is 10.8 Å². The van der Waals surface area contributed by atoms with Crippen LogP contribution in [0.4, 0.5) is 38.9 Å². The highest BCUT2D eigenvalue weighted by Gasteiger charge is 2.27. The average Bonchev–Trinajstić information content (AvgIpc) is 2.94. The van der Waals surface area contributed by atoms with Crippen LogP contribution in [0.15, 0.2) is 36.5 Å². The van der Waals surface area contributed by atoms with Crippen molar-refractivity contribution in [3.8, 4) is 0 Å². The Balaban J connectivity index is 1.25. The highest BCUT2D eigenvalue weighted by molar-refractivity contribution is 6.42. The number of rotatable bonds is 7. The number of halogens is 4. The van der Waals surface area contributed by atoms with Crippen molar-refractivity contribution in [1.29, 1.82) is 0 Å². The fraction of sp³-hybridized carbons (Fsp3) is 0.393. The van der Waals surface area contributed by atoms with E-state index in [0.717, 1.165) is 52.1 Å². The summed E-state index contributed by atoms with van der Waals surface area (Å²) in [6.07, 6.45) is 3.48. The Morgan fingerprint density at radius 1 is 0.927 bits per heavy atom. The number of benzene rings is 2. The summed E-state index contributed by atoms with van der Waals surface area (Å²) in [4.78, 5) is 27.4. The molecule has 5 rings (SSSR count). The van der Waals surface area contributed by atoms with Crippen LogP contribution in [0, 0.1) is 5.82 Å². The molecule has 9 nitrogen and oxygen atoms in total. The lowest BCUT2D eigenvalue weighted by Gasteiger charge is -2.42. The van der Waals surface area contributed by atoms with Gasteiger partial charge in [0.2, 0.25) is 11.9 Å². The number of anilines is 6. The number of hydrogen-bond acceptors (Lipinski definition) is 8. The van der Waals surface area contributed by atoms with Crippen molar-refractivity contribution in [2.45, 2.75) is 25.8 Å². The average molecular weight is 622 g/mol. The van der Waals surface area contributed by atoms with Crippen molar-refractivity contribution in [2.75, 3.05) is 67.2 Å². The van der Waals surface area contributed by atoms with Gasteiger partial charge in [0, 0.05) is 57.9 Å². The lowest BCUT2D eigenvalue weighted by atomic mass is 10.0. The largest absolute Gasteiger partial charge is 0.369 e. The number of amides is 1. The molecule has 0 aliphatic carbocycles. The molecule has 0 radical (unpaired) electrons. The Labute approximate surface area is 254 Å². The molecule has 41 heavy (non-hydrogen) atoms. The molecule has 3 aromatic rings. The second kappa shape index (κ2) is 13.0. The van der Waals surface area contributed by atoms with Gasteiger partial charge in [0.05, 0.1) is 33.3 Å². The fourth-order valence-electron chi connectivity index (χ4n) is 5.22. The maximum Gasteiger partial charge on any atom is 0.229 e. The van der Waals surface area contributed by atoms with E-state index in [9.17, 15) is 4.79 Å². The smallest absolute Gasteiger partial charge is 0.229 e. The number of piperidine rings is 1. The molecule has 0 spiro atoms. The Bertz CT molecular complexity index is 1410. The van der Waals surface area contributed by atoms with Gasteiger partial charge in [0.25, 0.3) is 0 Å². The third-order valence-electron chi connectivity index (χ3n) is 7.43. The lowest BCUT2D eigenvalue weighted by Crippen LogP contribution is -2.52. The predicted molar refractivity (Wildman–Crippen MR) is 165 cm³/mol. The van der Waals surface area contributed by atoms with Gasteiger partial charge in [-0.15, -0.1) is 0 Å². The maximum atomic E-state index is 15.3. The monoisotopic (exact) mass is 620 g/mol. The van der Waals surface area contributed by atoms with Crippen LogP contribution in [0.25, 0.3) is 0 Å². The Morgan fingerprint density at radius 2 is 1.61 bits per heavy atom. The third kappa shape index (κ3) is 7.31. The molecular formula is C28H32Cl3FN8O. The molecule has 0 atom stereocenters. The number of likely N-dealkylation sites (N-methyl/N-ethyl adjacent to an activating group) is 1. The summed E-state index contributed by atoms with van der Waals surface area (Å²) in [7, 11) is 2.17. The standard InChI is InChI=1S/C28H32Cl3FN8O/c1-17(41)34-24-14-20(29)21(30)15-25(24)36-27-22(31)16-33-28(37-27)35-18-3-4-26(23(32)13-18)40-7-5-19(6-8-40)39-11-9-38(2)10-12-39/h3-4,13-16,19H,5-12H2,1-2H3,(H,34,41)(H2,33,35,36,37). The highest BCUT2D eigenvalue weighted by Crippen LogP contribution is 2.36. The first-order chi connectivity index (χ1) is 19.7. The first-order valence-corrected chi connectivity index (χ1v) is 14.6. The normalized spacial score (nSPS) is 17.0. The van der Waals surface area contributed by atoms with Gasteiger partial charge in [-0.1, -0.05) is 34.8 Å². The Kier molecular flexibility index (Phi) is 9.35. The van der Waals surface area contributed by atoms with Gasteiger partial charge in [0.15, 0.2) is 5.82 Å². The molecular weight excluding hydrogens is 590 g/mol. The van der Waals surface area contributed by atoms with E-state index in [-0.39, 0.29) is 38.6 Å². The number of piperazine rings is 1. The van der Waals surface area contributed by atoms with E-state index >= 15 is 4.39 Å². The van der Waals surface area contributed by atoms with E-state index in [2.05, 4.69) is 47.7 Å². The van der Waals surface area contributed by atoms with Gasteiger partial charge in [-0.25, -0.2) is 9.37 Å². The van der Waals surface area contributed by atoms with E-state index < -0.39 is 0 Å². The molecule has 3 heterocycles. The van der Waals surface area contributed by atoms with Crippen molar-refractivity contribution in [3.63, 3.8) is 0 Å². The van der Waals surface area contributed by atoms with Crippen molar-refractivity contribution < 1.29 is 9.18 Å². The molecule has 0 saturated carbocycles. The van der Waals surface area contributed by atoms with Crippen molar-refractivity contribution in [1.82, 2.24) is 19.8 Å². The first-order valence-electron chi connectivity index (χ1n) is 13.5. The van der Waals surface area contributed by atoms with Gasteiger partial charge >= 0.3 is 0 Å². The molecule has 2 fully saturated rings. The zero-order valence-electron chi connectivity index (χ0n) is 22.9. The minimum absolute atomic E-state index is 0.207. The topological polar surface area (TPSA) is 88.7 Å². The second-order valence-electron chi connectivity index (χ2n) is 10.4. The summed E-state index contributed by atoms with van der Waals surface area (Å²) >= 11 is 18.7. The lowest BCUT2D eigenvalue weighted by molar-refractivity contribution is -0.114. The van der Waals surface area contributed by atoms with Crippen molar-refractivity contribution >= 4 is 75.2 Å². The van der Waals surface area contributed by atoms with Crippen LogP contribution in [0.1, 0.15) is 19.8 Å².